The molecule has 0 aromatic heterocycles. The highest BCUT2D eigenvalue weighted by Crippen LogP contribution is 2.33. The van der Waals surface area contributed by atoms with Crippen LogP contribution < -0.4 is 16.4 Å². The van der Waals surface area contributed by atoms with Gasteiger partial charge < -0.3 is 26.9 Å². The summed E-state index contributed by atoms with van der Waals surface area (Å²) < 4.78 is 14.5. The highest BCUT2D eigenvalue weighted by Gasteiger charge is 2.33. The minimum absolute atomic E-state index is 0.0432. The van der Waals surface area contributed by atoms with Crippen molar-refractivity contribution >= 4 is 30.3 Å². The standard InChI is InChI=1S/C29H34FN5O2S/c30-26-15-20(7-8-22(26)16-31)25(6-1-4-24(32)5-2-13-34-19-36)28(38)21-9-10-27(33)23(14-21)17-35-18-29(37)11-3-12-29/h1,6-10,14-15,17,19,24,33,35,37-38H,2-5,11-13,18,32H2,(H,34,36)/b6-1+,23-17-,28-25+,33-27?. The lowest BCUT2D eigenvalue weighted by Gasteiger charge is -2.36. The van der Waals surface area contributed by atoms with E-state index in [9.17, 15) is 14.3 Å². The molecule has 0 bridgehead atoms. The van der Waals surface area contributed by atoms with Gasteiger partial charge >= 0.3 is 0 Å². The van der Waals surface area contributed by atoms with E-state index < -0.39 is 11.4 Å². The summed E-state index contributed by atoms with van der Waals surface area (Å²) in [5.41, 5.74) is 8.36. The Kier molecular flexibility index (Phi) is 10.7. The van der Waals surface area contributed by atoms with Crippen LogP contribution in [0.2, 0.25) is 0 Å². The molecule has 3 rings (SSSR count). The highest BCUT2D eigenvalue weighted by molar-refractivity contribution is 7.85. The van der Waals surface area contributed by atoms with Crippen LogP contribution in [-0.2, 0) is 4.79 Å². The van der Waals surface area contributed by atoms with Crippen molar-refractivity contribution in [3.05, 3.63) is 87.8 Å². The maximum absolute atomic E-state index is 14.5. The lowest BCUT2D eigenvalue weighted by Crippen LogP contribution is -2.45. The van der Waals surface area contributed by atoms with Crippen molar-refractivity contribution < 1.29 is 14.3 Å². The van der Waals surface area contributed by atoms with Gasteiger partial charge in [-0.2, -0.15) is 5.26 Å². The van der Waals surface area contributed by atoms with E-state index in [2.05, 4.69) is 10.6 Å². The fourth-order valence-electron chi connectivity index (χ4n) is 4.19. The van der Waals surface area contributed by atoms with Crippen molar-refractivity contribution in [1.29, 1.82) is 10.7 Å². The first-order chi connectivity index (χ1) is 18.3. The van der Waals surface area contributed by atoms with Crippen LogP contribution in [0.4, 0.5) is 4.39 Å². The second kappa shape index (κ2) is 13.9. The van der Waals surface area contributed by atoms with Crippen molar-refractivity contribution in [2.45, 2.75) is 50.2 Å². The zero-order chi connectivity index (χ0) is 27.5. The predicted octanol–water partition coefficient (Wildman–Crippen LogP) is 4.04. The van der Waals surface area contributed by atoms with Gasteiger partial charge in [-0.05, 0) is 79.5 Å². The molecule has 0 radical (unpaired) electrons. The number of amides is 1. The molecule has 2 aliphatic rings. The van der Waals surface area contributed by atoms with Gasteiger partial charge in [0.25, 0.3) is 0 Å². The average molecular weight is 536 g/mol. The number of rotatable bonds is 13. The molecule has 0 heterocycles. The van der Waals surface area contributed by atoms with Gasteiger partial charge in [0.15, 0.2) is 0 Å². The Bertz CT molecular complexity index is 1240. The van der Waals surface area contributed by atoms with Crippen molar-refractivity contribution in [2.24, 2.45) is 5.73 Å². The molecule has 6 N–H and O–H groups in total. The molecule has 200 valence electrons. The first-order valence-electron chi connectivity index (χ1n) is 12.6. The number of halogens is 1. The van der Waals surface area contributed by atoms with E-state index in [0.29, 0.717) is 53.2 Å². The van der Waals surface area contributed by atoms with E-state index >= 15 is 0 Å². The number of benzene rings is 1. The number of hydrogen-bond acceptors (Lipinski definition) is 7. The molecular weight excluding hydrogens is 501 g/mol. The van der Waals surface area contributed by atoms with Gasteiger partial charge in [-0.15, -0.1) is 12.6 Å². The molecule has 1 aromatic carbocycles. The largest absolute Gasteiger partial charge is 0.388 e. The van der Waals surface area contributed by atoms with E-state index in [4.69, 9.17) is 29.0 Å². The summed E-state index contributed by atoms with van der Waals surface area (Å²) in [4.78, 5) is 11.0. The van der Waals surface area contributed by atoms with E-state index in [1.165, 1.54) is 12.1 Å². The number of nitriles is 1. The Morgan fingerprint density at radius 2 is 2.13 bits per heavy atom. The van der Waals surface area contributed by atoms with Crippen LogP contribution in [0.3, 0.4) is 0 Å². The Labute approximate surface area is 228 Å². The minimum Gasteiger partial charge on any atom is -0.388 e. The summed E-state index contributed by atoms with van der Waals surface area (Å²) >= 11 is 4.79. The number of thiol groups is 1. The van der Waals surface area contributed by atoms with Crippen LogP contribution in [0, 0.1) is 22.6 Å². The third-order valence-corrected chi connectivity index (χ3v) is 7.16. The van der Waals surface area contributed by atoms with Gasteiger partial charge in [-0.1, -0.05) is 24.3 Å². The summed E-state index contributed by atoms with van der Waals surface area (Å²) in [5.74, 6) is -0.620. The van der Waals surface area contributed by atoms with Crippen molar-refractivity contribution in [2.75, 3.05) is 13.1 Å². The van der Waals surface area contributed by atoms with Crippen LogP contribution in [0.1, 0.15) is 49.7 Å². The molecule has 1 amide bonds. The molecule has 0 aliphatic heterocycles. The molecule has 1 saturated carbocycles. The SMILES string of the molecule is N#Cc1ccc(C(/C=C/CC(N)CCCNC=O)=C(/S)C2=C/C(=C/NCC3(O)CCC3)C(=N)C=C2)cc1F. The van der Waals surface area contributed by atoms with Crippen LogP contribution in [0.15, 0.2) is 70.8 Å². The zero-order valence-electron chi connectivity index (χ0n) is 21.2. The molecule has 0 saturated heterocycles. The Morgan fingerprint density at radius 3 is 2.79 bits per heavy atom. The first-order valence-corrected chi connectivity index (χ1v) is 13.1. The normalized spacial score (nSPS) is 18.9. The molecular formula is C29H34FN5O2S. The number of carbonyl (C=O) groups excluding carboxylic acids is 1. The van der Waals surface area contributed by atoms with Crippen molar-refractivity contribution in [3.63, 3.8) is 0 Å². The van der Waals surface area contributed by atoms with Crippen LogP contribution in [0.5, 0.6) is 0 Å². The van der Waals surface area contributed by atoms with Gasteiger partial charge in [-0.25, -0.2) is 4.39 Å². The Hall–Kier alpha value is -3.45. The van der Waals surface area contributed by atoms with Gasteiger partial charge in [0.1, 0.15) is 11.9 Å². The second-order valence-corrected chi connectivity index (χ2v) is 10.0. The molecule has 1 aromatic rings. The fraction of sp³-hybridized carbons (Fsp3) is 0.345. The van der Waals surface area contributed by atoms with Gasteiger partial charge in [0.2, 0.25) is 6.41 Å². The van der Waals surface area contributed by atoms with E-state index in [-0.39, 0.29) is 11.6 Å². The Balaban J connectivity index is 1.86. The lowest BCUT2D eigenvalue weighted by molar-refractivity contribution is -0.109. The van der Waals surface area contributed by atoms with E-state index in [1.807, 2.05) is 24.3 Å². The molecule has 1 fully saturated rings. The predicted molar refractivity (Wildman–Crippen MR) is 152 cm³/mol. The van der Waals surface area contributed by atoms with Gasteiger partial charge in [0, 0.05) is 35.8 Å². The number of aliphatic hydroxyl groups is 1. The third kappa shape index (κ3) is 8.02. The van der Waals surface area contributed by atoms with Crippen molar-refractivity contribution in [3.8, 4) is 6.07 Å². The van der Waals surface area contributed by atoms with E-state index in [1.54, 1.807) is 24.4 Å². The average Bonchev–Trinajstić information content (AvgIpc) is 2.89. The maximum Gasteiger partial charge on any atom is 0.207 e. The molecule has 38 heavy (non-hydrogen) atoms. The van der Waals surface area contributed by atoms with Crippen LogP contribution in [-0.4, -0.2) is 42.0 Å². The van der Waals surface area contributed by atoms with Crippen LogP contribution in [0.25, 0.3) is 5.57 Å². The zero-order valence-corrected chi connectivity index (χ0v) is 22.1. The molecule has 2 aliphatic carbocycles. The fourth-order valence-corrected chi connectivity index (χ4v) is 4.53. The summed E-state index contributed by atoms with van der Waals surface area (Å²) in [7, 11) is 0. The quantitative estimate of drug-likeness (QED) is 0.0981. The monoisotopic (exact) mass is 535 g/mol. The number of carbonyl (C=O) groups is 1. The molecule has 7 nitrogen and oxygen atoms in total. The molecule has 0 spiro atoms. The maximum atomic E-state index is 14.5. The summed E-state index contributed by atoms with van der Waals surface area (Å²) in [6.45, 7) is 0.987. The smallest absolute Gasteiger partial charge is 0.207 e. The highest BCUT2D eigenvalue weighted by atomic mass is 32.1. The second-order valence-electron chi connectivity index (χ2n) is 9.59. The van der Waals surface area contributed by atoms with Crippen molar-refractivity contribution in [1.82, 2.24) is 10.6 Å². The molecule has 1 atom stereocenters. The first kappa shape index (κ1) is 29.1. The summed E-state index contributed by atoms with van der Waals surface area (Å²) in [5, 5.41) is 33.5. The number of nitrogens with one attached hydrogen (secondary N) is 3. The summed E-state index contributed by atoms with van der Waals surface area (Å²) in [6.07, 6.45) is 16.0. The summed E-state index contributed by atoms with van der Waals surface area (Å²) in [6, 6.07) is 6.16. The topological polar surface area (TPSA) is 135 Å². The number of allylic oxidation sites excluding steroid dienone is 7. The number of nitrogens with zero attached hydrogens (tertiary/aromatic N) is 1. The minimum atomic E-state index is -0.686. The van der Waals surface area contributed by atoms with Crippen LogP contribution >= 0.6 is 12.6 Å². The van der Waals surface area contributed by atoms with Gasteiger partial charge in [-0.3, -0.25) is 4.79 Å². The number of hydrogen-bond donors (Lipinski definition) is 6. The molecule has 9 heteroatoms. The number of nitrogens with two attached hydrogens (primary N) is 1. The molecule has 1 unspecified atom stereocenters. The third-order valence-electron chi connectivity index (χ3n) is 6.66. The lowest BCUT2D eigenvalue weighted by atomic mass is 9.80. The van der Waals surface area contributed by atoms with Gasteiger partial charge in [0.05, 0.1) is 16.9 Å². The van der Waals surface area contributed by atoms with E-state index in [0.717, 1.165) is 37.7 Å². The Morgan fingerprint density at radius 1 is 1.34 bits per heavy atom.